The van der Waals surface area contributed by atoms with Crippen LogP contribution in [0.2, 0.25) is 0 Å². The molecule has 1 aromatic heterocycles. The highest BCUT2D eigenvalue weighted by Crippen LogP contribution is 2.42. The van der Waals surface area contributed by atoms with Crippen LogP contribution in [0.25, 0.3) is 0 Å². The molecule has 112 valence electrons. The number of halogens is 1. The van der Waals surface area contributed by atoms with Gasteiger partial charge in [0.25, 0.3) is 5.56 Å². The third kappa shape index (κ3) is 2.55. The molecule has 1 fully saturated rings. The number of nitrogens with zero attached hydrogens (tertiary/aromatic N) is 1. The zero-order chi connectivity index (χ0) is 15.1. The summed E-state index contributed by atoms with van der Waals surface area (Å²) in [6.07, 6.45) is -1.61. The Morgan fingerprint density at radius 1 is 1.55 bits per heavy atom. The molecule has 0 spiro atoms. The molecule has 1 aliphatic rings. The van der Waals surface area contributed by atoms with Crippen molar-refractivity contribution in [3.63, 3.8) is 0 Å². The summed E-state index contributed by atoms with van der Waals surface area (Å²) in [6, 6.07) is 1.11. The van der Waals surface area contributed by atoms with Crippen molar-refractivity contribution in [2.24, 2.45) is 5.92 Å². The lowest BCUT2D eigenvalue weighted by molar-refractivity contribution is -0.0538. The normalized spacial score (nSPS) is 33.8. The molecule has 0 saturated carbocycles. The third-order valence-electron chi connectivity index (χ3n) is 3.52. The molecule has 2 N–H and O–H groups in total. The van der Waals surface area contributed by atoms with Crippen molar-refractivity contribution in [3.8, 4) is 0 Å². The highest BCUT2D eigenvalue weighted by Gasteiger charge is 2.55. The molecule has 1 saturated heterocycles. The van der Waals surface area contributed by atoms with Crippen molar-refractivity contribution >= 4 is 0 Å². The fraction of sp³-hybridized carbons (Fsp3) is 0.692. The van der Waals surface area contributed by atoms with Crippen LogP contribution in [0.15, 0.2) is 21.9 Å². The topological polar surface area (TPSA) is 84.3 Å². The Balaban J connectivity index is 2.36. The Morgan fingerprint density at radius 3 is 2.75 bits per heavy atom. The van der Waals surface area contributed by atoms with E-state index >= 15 is 0 Å². The zero-order valence-electron chi connectivity index (χ0n) is 11.7. The maximum absolute atomic E-state index is 14.7. The van der Waals surface area contributed by atoms with E-state index in [9.17, 15) is 19.1 Å². The van der Waals surface area contributed by atoms with E-state index < -0.39 is 35.4 Å². The molecule has 0 bridgehead atoms. The molecule has 7 heteroatoms. The van der Waals surface area contributed by atoms with Crippen molar-refractivity contribution in [1.29, 1.82) is 0 Å². The number of hydrogen-bond acceptors (Lipinski definition) is 4. The van der Waals surface area contributed by atoms with Crippen molar-refractivity contribution < 1.29 is 14.2 Å². The van der Waals surface area contributed by atoms with E-state index in [1.54, 1.807) is 0 Å². The summed E-state index contributed by atoms with van der Waals surface area (Å²) < 4.78 is 21.2. The van der Waals surface area contributed by atoms with Crippen molar-refractivity contribution in [2.45, 2.75) is 51.3 Å². The summed E-state index contributed by atoms with van der Waals surface area (Å²) in [7, 11) is 0. The van der Waals surface area contributed by atoms with Gasteiger partial charge in [0.2, 0.25) is 0 Å². The summed E-state index contributed by atoms with van der Waals surface area (Å²) >= 11 is 0. The van der Waals surface area contributed by atoms with Gasteiger partial charge in [0.1, 0.15) is 6.10 Å². The second-order valence-corrected chi connectivity index (χ2v) is 5.77. The smallest absolute Gasteiger partial charge is 0.330 e. The van der Waals surface area contributed by atoms with Crippen molar-refractivity contribution in [1.82, 2.24) is 9.55 Å². The van der Waals surface area contributed by atoms with Gasteiger partial charge in [-0.05, 0) is 19.3 Å². The van der Waals surface area contributed by atoms with E-state index in [4.69, 9.17) is 4.74 Å². The SMILES string of the molecule is CC(C)C[C@H]1O[C@@H](n2ccc(=O)[nH]c2=O)[C@](C)(F)[C@@H]1O. The Labute approximate surface area is 115 Å². The van der Waals surface area contributed by atoms with Gasteiger partial charge in [0.15, 0.2) is 11.9 Å². The Kier molecular flexibility index (Phi) is 3.84. The molecule has 2 rings (SSSR count). The minimum Gasteiger partial charge on any atom is -0.387 e. The molecule has 0 aliphatic carbocycles. The van der Waals surface area contributed by atoms with Crippen LogP contribution in [0, 0.1) is 5.92 Å². The van der Waals surface area contributed by atoms with Gasteiger partial charge in [0, 0.05) is 12.3 Å². The van der Waals surface area contributed by atoms with Gasteiger partial charge < -0.3 is 9.84 Å². The molecule has 20 heavy (non-hydrogen) atoms. The Hall–Kier alpha value is -1.47. The monoisotopic (exact) mass is 286 g/mol. The average molecular weight is 286 g/mol. The molecule has 1 aliphatic heterocycles. The molecule has 6 nitrogen and oxygen atoms in total. The van der Waals surface area contributed by atoms with E-state index in [0.29, 0.717) is 6.42 Å². The number of ether oxygens (including phenoxy) is 1. The van der Waals surface area contributed by atoms with Crippen LogP contribution < -0.4 is 11.2 Å². The van der Waals surface area contributed by atoms with Gasteiger partial charge in [-0.3, -0.25) is 14.3 Å². The van der Waals surface area contributed by atoms with Gasteiger partial charge in [-0.2, -0.15) is 0 Å². The Bertz CT molecular complexity index is 593. The average Bonchev–Trinajstić information content (AvgIpc) is 2.53. The van der Waals surface area contributed by atoms with Crippen LogP contribution in [-0.4, -0.2) is 32.5 Å². The van der Waals surface area contributed by atoms with Gasteiger partial charge in [0.05, 0.1) is 6.10 Å². The van der Waals surface area contributed by atoms with Gasteiger partial charge in [-0.15, -0.1) is 0 Å². The summed E-state index contributed by atoms with van der Waals surface area (Å²) in [4.78, 5) is 24.8. The first-order chi connectivity index (χ1) is 9.23. The third-order valence-corrected chi connectivity index (χ3v) is 3.52. The van der Waals surface area contributed by atoms with E-state index in [1.165, 1.54) is 13.1 Å². The molecule has 2 heterocycles. The number of rotatable bonds is 3. The highest BCUT2D eigenvalue weighted by atomic mass is 19.1. The summed E-state index contributed by atoms with van der Waals surface area (Å²) in [5.41, 5.74) is -3.44. The lowest BCUT2D eigenvalue weighted by Gasteiger charge is -2.24. The molecule has 0 unspecified atom stereocenters. The molecular formula is C13H19FN2O4. The number of aromatic amines is 1. The van der Waals surface area contributed by atoms with E-state index in [0.717, 1.165) is 10.6 Å². The number of hydrogen-bond donors (Lipinski definition) is 2. The van der Waals surface area contributed by atoms with Gasteiger partial charge >= 0.3 is 5.69 Å². The van der Waals surface area contributed by atoms with Crippen LogP contribution in [0.1, 0.15) is 33.4 Å². The molecule has 1 aromatic rings. The molecular weight excluding hydrogens is 267 g/mol. The number of aliphatic hydroxyl groups excluding tert-OH is 1. The van der Waals surface area contributed by atoms with Crippen LogP contribution >= 0.6 is 0 Å². The molecule has 0 aromatic carbocycles. The Morgan fingerprint density at radius 2 is 2.20 bits per heavy atom. The second kappa shape index (κ2) is 5.14. The van der Waals surface area contributed by atoms with Crippen LogP contribution in [0.5, 0.6) is 0 Å². The lowest BCUT2D eigenvalue weighted by Crippen LogP contribution is -2.43. The first-order valence-corrected chi connectivity index (χ1v) is 6.57. The quantitative estimate of drug-likeness (QED) is 0.850. The minimum atomic E-state index is -2.11. The first-order valence-electron chi connectivity index (χ1n) is 6.57. The first kappa shape index (κ1) is 14.9. The highest BCUT2D eigenvalue weighted by molar-refractivity contribution is 5.01. The minimum absolute atomic E-state index is 0.219. The van der Waals surface area contributed by atoms with Crippen molar-refractivity contribution in [2.75, 3.05) is 0 Å². The predicted molar refractivity (Wildman–Crippen MR) is 70.2 cm³/mol. The van der Waals surface area contributed by atoms with Crippen LogP contribution in [0.4, 0.5) is 4.39 Å². The van der Waals surface area contributed by atoms with Gasteiger partial charge in [-0.1, -0.05) is 13.8 Å². The largest absolute Gasteiger partial charge is 0.387 e. The van der Waals surface area contributed by atoms with Crippen LogP contribution in [-0.2, 0) is 4.74 Å². The fourth-order valence-corrected chi connectivity index (χ4v) is 2.48. The summed E-state index contributed by atoms with van der Waals surface area (Å²) in [5.74, 6) is 0.219. The number of aliphatic hydroxyl groups is 1. The number of aromatic nitrogens is 2. The summed E-state index contributed by atoms with van der Waals surface area (Å²) in [5, 5.41) is 10.1. The van der Waals surface area contributed by atoms with Crippen molar-refractivity contribution in [3.05, 3.63) is 33.1 Å². The zero-order valence-corrected chi connectivity index (χ0v) is 11.7. The number of alkyl halides is 1. The maximum Gasteiger partial charge on any atom is 0.330 e. The van der Waals surface area contributed by atoms with Crippen LogP contribution in [0.3, 0.4) is 0 Å². The number of H-pyrrole nitrogens is 1. The van der Waals surface area contributed by atoms with E-state index in [-0.39, 0.29) is 5.92 Å². The van der Waals surface area contributed by atoms with E-state index in [1.807, 2.05) is 18.8 Å². The number of nitrogens with one attached hydrogen (secondary N) is 1. The maximum atomic E-state index is 14.7. The molecule has 0 amide bonds. The van der Waals surface area contributed by atoms with E-state index in [2.05, 4.69) is 0 Å². The molecule has 0 radical (unpaired) electrons. The summed E-state index contributed by atoms with van der Waals surface area (Å²) in [6.45, 7) is 5.07. The van der Waals surface area contributed by atoms with Gasteiger partial charge in [-0.25, -0.2) is 9.18 Å². The predicted octanol–water partition coefficient (Wildman–Crippen LogP) is 0.569. The lowest BCUT2D eigenvalue weighted by atomic mass is 9.94. The fourth-order valence-electron chi connectivity index (χ4n) is 2.48. The standard InChI is InChI=1S/C13H19FN2O4/c1-7(2)6-8-10(18)13(3,14)11(20-8)16-5-4-9(17)15-12(16)19/h4-5,7-8,10-11,18H,6H2,1-3H3,(H,15,17,19)/t8-,10-,11-,13-/m1/s1. The molecule has 4 atom stereocenters. The second-order valence-electron chi connectivity index (χ2n) is 5.77.